The summed E-state index contributed by atoms with van der Waals surface area (Å²) in [6.45, 7) is 2.85. The zero-order valence-electron chi connectivity index (χ0n) is 13.8. The highest BCUT2D eigenvalue weighted by atomic mass is 16.2. The molecule has 2 amide bonds. The van der Waals surface area contributed by atoms with Crippen LogP contribution in [0.15, 0.2) is 43.0 Å². The number of anilines is 1. The zero-order valence-corrected chi connectivity index (χ0v) is 13.8. The van der Waals surface area contributed by atoms with Gasteiger partial charge in [0, 0.05) is 57.5 Å². The van der Waals surface area contributed by atoms with E-state index in [1.807, 2.05) is 17.0 Å². The Labute approximate surface area is 145 Å². The second-order valence-corrected chi connectivity index (χ2v) is 5.73. The van der Waals surface area contributed by atoms with Crippen LogP contribution in [0.25, 0.3) is 0 Å². The van der Waals surface area contributed by atoms with Gasteiger partial charge in [-0.3, -0.25) is 14.6 Å². The van der Waals surface area contributed by atoms with Crippen LogP contribution < -0.4 is 10.2 Å². The number of rotatable bonds is 5. The van der Waals surface area contributed by atoms with E-state index in [0.717, 1.165) is 5.56 Å². The maximum atomic E-state index is 12.3. The van der Waals surface area contributed by atoms with Gasteiger partial charge in [0.15, 0.2) is 0 Å². The molecule has 0 aromatic carbocycles. The Bertz CT molecular complexity index is 702. The van der Waals surface area contributed by atoms with Gasteiger partial charge >= 0.3 is 0 Å². The monoisotopic (exact) mass is 340 g/mol. The summed E-state index contributed by atoms with van der Waals surface area (Å²) in [7, 11) is 0. The number of amides is 2. The van der Waals surface area contributed by atoms with Crippen LogP contribution in [0.3, 0.4) is 0 Å². The molecule has 3 heterocycles. The van der Waals surface area contributed by atoms with E-state index in [-0.39, 0.29) is 18.2 Å². The van der Waals surface area contributed by atoms with Gasteiger partial charge in [-0.2, -0.15) is 0 Å². The molecule has 3 rings (SSSR count). The van der Waals surface area contributed by atoms with Crippen LogP contribution in [0.4, 0.5) is 5.95 Å². The van der Waals surface area contributed by atoms with Crippen LogP contribution in [0.2, 0.25) is 0 Å². The van der Waals surface area contributed by atoms with E-state index in [4.69, 9.17) is 0 Å². The highest BCUT2D eigenvalue weighted by Crippen LogP contribution is 2.10. The summed E-state index contributed by atoms with van der Waals surface area (Å²) in [4.78, 5) is 40.3. The fourth-order valence-corrected chi connectivity index (χ4v) is 2.62. The fraction of sp³-hybridized carbons (Fsp3) is 0.353. The van der Waals surface area contributed by atoms with Crippen molar-refractivity contribution in [2.75, 3.05) is 31.1 Å². The van der Waals surface area contributed by atoms with Gasteiger partial charge < -0.3 is 15.1 Å². The van der Waals surface area contributed by atoms with Crippen molar-refractivity contribution in [1.29, 1.82) is 0 Å². The Hall–Kier alpha value is -3.03. The number of nitrogens with one attached hydrogen (secondary N) is 1. The smallest absolute Gasteiger partial charge is 0.232 e. The second-order valence-electron chi connectivity index (χ2n) is 5.73. The molecule has 2 aromatic heterocycles. The van der Waals surface area contributed by atoms with Crippen molar-refractivity contribution in [1.82, 2.24) is 25.2 Å². The summed E-state index contributed by atoms with van der Waals surface area (Å²) in [6.07, 6.45) is 6.61. The topological polar surface area (TPSA) is 91.3 Å². The largest absolute Gasteiger partial charge is 0.352 e. The molecule has 0 aliphatic carbocycles. The molecule has 0 saturated carbocycles. The molecule has 130 valence electrons. The minimum Gasteiger partial charge on any atom is -0.352 e. The SMILES string of the molecule is O=C(CC(=O)N1CCN(c2ncccn2)CC1)NCc1ccncc1. The van der Waals surface area contributed by atoms with E-state index in [9.17, 15) is 9.59 Å². The van der Waals surface area contributed by atoms with Crippen molar-refractivity contribution in [2.45, 2.75) is 13.0 Å². The lowest BCUT2D eigenvalue weighted by atomic mass is 10.2. The number of hydrogen-bond acceptors (Lipinski definition) is 6. The molecule has 0 bridgehead atoms. The molecule has 1 N–H and O–H groups in total. The summed E-state index contributed by atoms with van der Waals surface area (Å²) in [5.74, 6) is 0.251. The van der Waals surface area contributed by atoms with E-state index >= 15 is 0 Å². The highest BCUT2D eigenvalue weighted by Gasteiger charge is 2.23. The Morgan fingerprint density at radius 2 is 1.68 bits per heavy atom. The molecule has 1 aliphatic heterocycles. The molecule has 8 nitrogen and oxygen atoms in total. The van der Waals surface area contributed by atoms with Gasteiger partial charge in [-0.1, -0.05) is 0 Å². The minimum absolute atomic E-state index is 0.132. The van der Waals surface area contributed by atoms with Crippen molar-refractivity contribution in [2.24, 2.45) is 0 Å². The number of carbonyl (C=O) groups excluding carboxylic acids is 2. The van der Waals surface area contributed by atoms with Crippen LogP contribution in [0.1, 0.15) is 12.0 Å². The molecular formula is C17H20N6O2. The van der Waals surface area contributed by atoms with Crippen LogP contribution >= 0.6 is 0 Å². The Morgan fingerprint density at radius 1 is 1.00 bits per heavy atom. The van der Waals surface area contributed by atoms with Crippen molar-refractivity contribution in [3.8, 4) is 0 Å². The number of carbonyl (C=O) groups is 2. The standard InChI is InChI=1S/C17H20N6O2/c24-15(21-13-14-2-6-18-7-3-14)12-16(25)22-8-10-23(11-9-22)17-19-4-1-5-20-17/h1-7H,8-13H2,(H,21,24). The van der Waals surface area contributed by atoms with Crippen molar-refractivity contribution >= 4 is 17.8 Å². The predicted octanol–water partition coefficient (Wildman–Crippen LogP) is 0.227. The van der Waals surface area contributed by atoms with E-state index in [0.29, 0.717) is 38.7 Å². The van der Waals surface area contributed by atoms with Gasteiger partial charge in [0.25, 0.3) is 0 Å². The van der Waals surface area contributed by atoms with Gasteiger partial charge in [0.05, 0.1) is 0 Å². The molecule has 0 spiro atoms. The minimum atomic E-state index is -0.268. The summed E-state index contributed by atoms with van der Waals surface area (Å²) < 4.78 is 0. The summed E-state index contributed by atoms with van der Waals surface area (Å²) in [5, 5.41) is 2.76. The molecule has 0 atom stereocenters. The number of hydrogen-bond donors (Lipinski definition) is 1. The summed E-state index contributed by atoms with van der Waals surface area (Å²) >= 11 is 0. The first-order chi connectivity index (χ1) is 12.2. The Kier molecular flexibility index (Phi) is 5.50. The van der Waals surface area contributed by atoms with Gasteiger partial charge in [-0.25, -0.2) is 9.97 Å². The van der Waals surface area contributed by atoms with Gasteiger partial charge in [-0.15, -0.1) is 0 Å². The molecule has 8 heteroatoms. The molecule has 1 aliphatic rings. The quantitative estimate of drug-likeness (QED) is 0.784. The van der Waals surface area contributed by atoms with Gasteiger partial charge in [-0.05, 0) is 23.8 Å². The zero-order chi connectivity index (χ0) is 17.5. The normalized spacial score (nSPS) is 14.2. The first-order valence-corrected chi connectivity index (χ1v) is 8.18. The van der Waals surface area contributed by atoms with Crippen LogP contribution in [-0.4, -0.2) is 57.8 Å². The van der Waals surface area contributed by atoms with Crippen molar-refractivity contribution in [3.63, 3.8) is 0 Å². The summed E-state index contributed by atoms with van der Waals surface area (Å²) in [5.41, 5.74) is 0.951. The predicted molar refractivity (Wildman–Crippen MR) is 91.5 cm³/mol. The number of pyridine rings is 1. The first kappa shape index (κ1) is 16.8. The highest BCUT2D eigenvalue weighted by molar-refractivity contribution is 5.96. The lowest BCUT2D eigenvalue weighted by Crippen LogP contribution is -2.50. The van der Waals surface area contributed by atoms with E-state index < -0.39 is 0 Å². The number of piperazine rings is 1. The van der Waals surface area contributed by atoms with Gasteiger partial charge in [0.1, 0.15) is 6.42 Å². The number of nitrogens with zero attached hydrogens (tertiary/aromatic N) is 5. The lowest BCUT2D eigenvalue weighted by Gasteiger charge is -2.34. The first-order valence-electron chi connectivity index (χ1n) is 8.18. The molecule has 1 saturated heterocycles. The summed E-state index contributed by atoms with van der Waals surface area (Å²) in [6, 6.07) is 5.42. The average Bonchev–Trinajstić information content (AvgIpc) is 2.68. The van der Waals surface area contributed by atoms with Crippen LogP contribution in [-0.2, 0) is 16.1 Å². The maximum absolute atomic E-state index is 12.3. The lowest BCUT2D eigenvalue weighted by molar-refractivity contribution is -0.136. The van der Waals surface area contributed by atoms with Crippen molar-refractivity contribution < 1.29 is 9.59 Å². The second kappa shape index (κ2) is 8.18. The molecular weight excluding hydrogens is 320 g/mol. The molecule has 0 radical (unpaired) electrons. The van der Waals surface area contributed by atoms with E-state index in [1.165, 1.54) is 0 Å². The third-order valence-corrected chi connectivity index (χ3v) is 4.02. The fourth-order valence-electron chi connectivity index (χ4n) is 2.62. The molecule has 1 fully saturated rings. The number of aromatic nitrogens is 3. The maximum Gasteiger partial charge on any atom is 0.232 e. The van der Waals surface area contributed by atoms with Crippen molar-refractivity contribution in [3.05, 3.63) is 48.5 Å². The third kappa shape index (κ3) is 4.72. The van der Waals surface area contributed by atoms with E-state index in [1.54, 1.807) is 35.8 Å². The third-order valence-electron chi connectivity index (χ3n) is 4.02. The van der Waals surface area contributed by atoms with Gasteiger partial charge in [0.2, 0.25) is 17.8 Å². The average molecular weight is 340 g/mol. The van der Waals surface area contributed by atoms with E-state index in [2.05, 4.69) is 20.3 Å². The molecule has 0 unspecified atom stereocenters. The van der Waals surface area contributed by atoms with Crippen LogP contribution in [0.5, 0.6) is 0 Å². The van der Waals surface area contributed by atoms with Crippen LogP contribution in [0, 0.1) is 0 Å². The molecule has 25 heavy (non-hydrogen) atoms. The Balaban J connectivity index is 1.42. The molecule has 2 aromatic rings. The Morgan fingerprint density at radius 3 is 2.36 bits per heavy atom.